The highest BCUT2D eigenvalue weighted by molar-refractivity contribution is 9.10. The van der Waals surface area contributed by atoms with E-state index in [1.807, 2.05) is 6.20 Å². The average Bonchev–Trinajstić information content (AvgIpc) is 2.71. The van der Waals surface area contributed by atoms with Crippen molar-refractivity contribution in [1.82, 2.24) is 4.98 Å². The molecule has 0 amide bonds. The topological polar surface area (TPSA) is 34.1 Å². The van der Waals surface area contributed by atoms with Crippen molar-refractivity contribution in [3.8, 4) is 0 Å². The molecular formula is C12H17BrN2O. The summed E-state index contributed by atoms with van der Waals surface area (Å²) in [5.41, 5.74) is 1.21. The Balaban J connectivity index is 1.97. The number of rotatable bonds is 3. The van der Waals surface area contributed by atoms with Crippen molar-refractivity contribution in [3.63, 3.8) is 0 Å². The van der Waals surface area contributed by atoms with Gasteiger partial charge in [-0.05, 0) is 53.7 Å². The molecule has 1 aromatic rings. The second kappa shape index (κ2) is 5.15. The molecule has 1 aliphatic carbocycles. The highest BCUT2D eigenvalue weighted by Gasteiger charge is 2.24. The fraction of sp³-hybridized carbons (Fsp3) is 0.583. The van der Waals surface area contributed by atoms with Crippen LogP contribution in [0, 0.1) is 6.92 Å². The Morgan fingerprint density at radius 2 is 2.31 bits per heavy atom. The predicted molar refractivity (Wildman–Crippen MR) is 68.7 cm³/mol. The van der Waals surface area contributed by atoms with Crippen LogP contribution in [0.3, 0.4) is 0 Å². The summed E-state index contributed by atoms with van der Waals surface area (Å²) in [4.78, 5) is 4.35. The standard InChI is InChI=1S/C12H17BrN2O/c1-8-5-12(14-7-11(8)13)15-9-3-4-10(6-9)16-2/h5,7,9-10H,3-4,6H2,1-2H3,(H,14,15). The number of anilines is 1. The zero-order valence-electron chi connectivity index (χ0n) is 9.66. The number of nitrogens with zero attached hydrogens (tertiary/aromatic N) is 1. The molecule has 1 saturated carbocycles. The van der Waals surface area contributed by atoms with Crippen LogP contribution in [-0.4, -0.2) is 24.2 Å². The minimum Gasteiger partial charge on any atom is -0.381 e. The molecule has 88 valence electrons. The van der Waals surface area contributed by atoms with Gasteiger partial charge >= 0.3 is 0 Å². The predicted octanol–water partition coefficient (Wildman–Crippen LogP) is 3.13. The Morgan fingerprint density at radius 3 is 2.94 bits per heavy atom. The summed E-state index contributed by atoms with van der Waals surface area (Å²) in [6.45, 7) is 2.07. The van der Waals surface area contributed by atoms with E-state index in [9.17, 15) is 0 Å². The van der Waals surface area contributed by atoms with Crippen molar-refractivity contribution in [3.05, 3.63) is 22.3 Å². The number of pyridine rings is 1. The van der Waals surface area contributed by atoms with Gasteiger partial charge in [0.1, 0.15) is 5.82 Å². The summed E-state index contributed by atoms with van der Waals surface area (Å²) in [6.07, 6.45) is 5.64. The van der Waals surface area contributed by atoms with Gasteiger partial charge in [-0.25, -0.2) is 4.98 Å². The maximum Gasteiger partial charge on any atom is 0.126 e. The van der Waals surface area contributed by atoms with Gasteiger partial charge in [0.05, 0.1) is 6.10 Å². The van der Waals surface area contributed by atoms with E-state index in [0.717, 1.165) is 29.6 Å². The zero-order valence-corrected chi connectivity index (χ0v) is 11.3. The number of aryl methyl sites for hydroxylation is 1. The summed E-state index contributed by atoms with van der Waals surface area (Å²) >= 11 is 3.45. The number of aromatic nitrogens is 1. The first kappa shape index (κ1) is 11.9. The molecule has 1 heterocycles. The third-order valence-electron chi connectivity index (χ3n) is 3.12. The zero-order chi connectivity index (χ0) is 11.5. The quantitative estimate of drug-likeness (QED) is 0.926. The molecule has 1 N–H and O–H groups in total. The third kappa shape index (κ3) is 2.74. The van der Waals surface area contributed by atoms with Crippen molar-refractivity contribution >= 4 is 21.7 Å². The molecule has 0 spiro atoms. The molecule has 16 heavy (non-hydrogen) atoms. The second-order valence-corrected chi connectivity index (χ2v) is 5.19. The SMILES string of the molecule is COC1CCC(Nc2cc(C)c(Br)cn2)C1. The monoisotopic (exact) mass is 284 g/mol. The third-order valence-corrected chi connectivity index (χ3v) is 3.95. The lowest BCUT2D eigenvalue weighted by Crippen LogP contribution is -2.18. The van der Waals surface area contributed by atoms with Gasteiger partial charge in [0.15, 0.2) is 0 Å². The lowest BCUT2D eigenvalue weighted by atomic mass is 10.2. The Kier molecular flexibility index (Phi) is 3.82. The molecule has 4 heteroatoms. The maximum absolute atomic E-state index is 5.35. The van der Waals surface area contributed by atoms with E-state index in [4.69, 9.17) is 4.74 Å². The van der Waals surface area contributed by atoms with Crippen LogP contribution in [0.1, 0.15) is 24.8 Å². The van der Waals surface area contributed by atoms with Crippen molar-refractivity contribution in [2.75, 3.05) is 12.4 Å². The number of hydrogen-bond donors (Lipinski definition) is 1. The van der Waals surface area contributed by atoms with Gasteiger partial charge in [0.25, 0.3) is 0 Å². The molecule has 0 aromatic carbocycles. The molecule has 0 radical (unpaired) electrons. The molecule has 2 atom stereocenters. The molecule has 0 aliphatic heterocycles. The Hall–Kier alpha value is -0.610. The van der Waals surface area contributed by atoms with E-state index in [2.05, 4.69) is 39.2 Å². The molecule has 3 nitrogen and oxygen atoms in total. The van der Waals surface area contributed by atoms with Gasteiger partial charge in [-0.15, -0.1) is 0 Å². The largest absolute Gasteiger partial charge is 0.381 e. The Morgan fingerprint density at radius 1 is 1.50 bits per heavy atom. The van der Waals surface area contributed by atoms with Crippen molar-refractivity contribution < 1.29 is 4.74 Å². The summed E-state index contributed by atoms with van der Waals surface area (Å²) in [6, 6.07) is 2.57. The van der Waals surface area contributed by atoms with Gasteiger partial charge in [0.2, 0.25) is 0 Å². The maximum atomic E-state index is 5.35. The lowest BCUT2D eigenvalue weighted by molar-refractivity contribution is 0.108. The number of nitrogens with one attached hydrogen (secondary N) is 1. The lowest BCUT2D eigenvalue weighted by Gasteiger charge is -2.14. The van der Waals surface area contributed by atoms with E-state index < -0.39 is 0 Å². The minimum absolute atomic E-state index is 0.411. The number of hydrogen-bond acceptors (Lipinski definition) is 3. The van der Waals surface area contributed by atoms with E-state index in [1.165, 1.54) is 5.56 Å². The van der Waals surface area contributed by atoms with Crippen molar-refractivity contribution in [1.29, 1.82) is 0 Å². The van der Waals surface area contributed by atoms with Crippen LogP contribution < -0.4 is 5.32 Å². The first-order chi connectivity index (χ1) is 7.69. The van der Waals surface area contributed by atoms with Gasteiger partial charge in [-0.2, -0.15) is 0 Å². The molecule has 0 bridgehead atoms. The molecule has 0 saturated heterocycles. The number of ether oxygens (including phenoxy) is 1. The van der Waals surface area contributed by atoms with E-state index >= 15 is 0 Å². The molecular weight excluding hydrogens is 268 g/mol. The number of halogens is 1. The average molecular weight is 285 g/mol. The van der Waals surface area contributed by atoms with Crippen molar-refractivity contribution in [2.45, 2.75) is 38.3 Å². The molecule has 2 rings (SSSR count). The Bertz CT molecular complexity index is 370. The highest BCUT2D eigenvalue weighted by Crippen LogP contribution is 2.25. The summed E-state index contributed by atoms with van der Waals surface area (Å²) in [7, 11) is 1.79. The van der Waals surface area contributed by atoms with Crippen LogP contribution in [0.4, 0.5) is 5.82 Å². The summed E-state index contributed by atoms with van der Waals surface area (Å²) in [5, 5.41) is 3.46. The van der Waals surface area contributed by atoms with Crippen LogP contribution in [0.15, 0.2) is 16.7 Å². The molecule has 1 fully saturated rings. The fourth-order valence-corrected chi connectivity index (χ4v) is 2.33. The first-order valence-corrected chi connectivity index (χ1v) is 6.40. The van der Waals surface area contributed by atoms with E-state index in [0.29, 0.717) is 12.1 Å². The van der Waals surface area contributed by atoms with E-state index in [-0.39, 0.29) is 0 Å². The molecule has 2 unspecified atom stereocenters. The summed E-state index contributed by atoms with van der Waals surface area (Å²) in [5.74, 6) is 0.961. The smallest absolute Gasteiger partial charge is 0.126 e. The minimum atomic E-state index is 0.411. The summed E-state index contributed by atoms with van der Waals surface area (Å²) < 4.78 is 6.41. The van der Waals surface area contributed by atoms with Crippen LogP contribution in [0.2, 0.25) is 0 Å². The highest BCUT2D eigenvalue weighted by atomic mass is 79.9. The second-order valence-electron chi connectivity index (χ2n) is 4.33. The van der Waals surface area contributed by atoms with Gasteiger partial charge < -0.3 is 10.1 Å². The van der Waals surface area contributed by atoms with Gasteiger partial charge in [-0.3, -0.25) is 0 Å². The van der Waals surface area contributed by atoms with Crippen LogP contribution in [0.5, 0.6) is 0 Å². The van der Waals surface area contributed by atoms with Gasteiger partial charge in [-0.1, -0.05) is 0 Å². The molecule has 1 aliphatic rings. The normalized spacial score (nSPS) is 24.7. The van der Waals surface area contributed by atoms with Crippen LogP contribution in [-0.2, 0) is 4.74 Å². The molecule has 1 aromatic heterocycles. The van der Waals surface area contributed by atoms with Crippen molar-refractivity contribution in [2.24, 2.45) is 0 Å². The first-order valence-electron chi connectivity index (χ1n) is 5.60. The van der Waals surface area contributed by atoms with Gasteiger partial charge in [0, 0.05) is 23.8 Å². The van der Waals surface area contributed by atoms with Crippen LogP contribution >= 0.6 is 15.9 Å². The van der Waals surface area contributed by atoms with E-state index in [1.54, 1.807) is 7.11 Å². The van der Waals surface area contributed by atoms with Crippen LogP contribution in [0.25, 0.3) is 0 Å². The Labute approximate surface area is 105 Å². The fourth-order valence-electron chi connectivity index (χ4n) is 2.11. The number of methoxy groups -OCH3 is 1.